The zero-order valence-corrected chi connectivity index (χ0v) is 18.1. The first-order valence-electron chi connectivity index (χ1n) is 8.99. The lowest BCUT2D eigenvalue weighted by Gasteiger charge is -2.16. The molecule has 1 atom stereocenters. The topological polar surface area (TPSA) is 66.0 Å². The van der Waals surface area contributed by atoms with E-state index in [1.165, 1.54) is 5.56 Å². The Morgan fingerprint density at radius 3 is 2.69 bits per heavy atom. The van der Waals surface area contributed by atoms with Crippen LogP contribution in [0.4, 0.5) is 0 Å². The summed E-state index contributed by atoms with van der Waals surface area (Å²) in [7, 11) is 3.49. The van der Waals surface area contributed by atoms with Gasteiger partial charge >= 0.3 is 0 Å². The normalized spacial score (nSPS) is 16.7. The van der Waals surface area contributed by atoms with Crippen molar-refractivity contribution in [2.24, 2.45) is 10.9 Å². The molecule has 0 aliphatic carbocycles. The van der Waals surface area contributed by atoms with E-state index < -0.39 is 0 Å². The first kappa shape index (κ1) is 22.7. The van der Waals surface area contributed by atoms with E-state index >= 15 is 0 Å². The molecule has 0 aromatic heterocycles. The maximum absolute atomic E-state index is 11.8. The zero-order valence-electron chi connectivity index (χ0n) is 15.7. The average Bonchev–Trinajstić information content (AvgIpc) is 3.14. The van der Waals surface area contributed by atoms with Crippen molar-refractivity contribution in [3.05, 3.63) is 35.9 Å². The van der Waals surface area contributed by atoms with Crippen molar-refractivity contribution in [2.45, 2.75) is 19.3 Å². The highest BCUT2D eigenvalue weighted by molar-refractivity contribution is 14.0. The van der Waals surface area contributed by atoms with Crippen molar-refractivity contribution >= 4 is 35.8 Å². The van der Waals surface area contributed by atoms with Gasteiger partial charge in [0.15, 0.2) is 5.96 Å². The molecule has 0 saturated carbocycles. The van der Waals surface area contributed by atoms with Crippen LogP contribution in [0.2, 0.25) is 0 Å². The Morgan fingerprint density at radius 1 is 1.27 bits per heavy atom. The molecule has 1 saturated heterocycles. The number of amides is 1. The van der Waals surface area contributed by atoms with Crippen LogP contribution in [0.25, 0.3) is 0 Å². The molecule has 2 rings (SSSR count). The summed E-state index contributed by atoms with van der Waals surface area (Å²) in [5, 5.41) is 6.68. The maximum Gasteiger partial charge on any atom is 0.243 e. The van der Waals surface area contributed by atoms with Crippen molar-refractivity contribution in [3.63, 3.8) is 0 Å². The van der Waals surface area contributed by atoms with E-state index in [-0.39, 0.29) is 36.4 Å². The first-order valence-corrected chi connectivity index (χ1v) is 8.99. The molecule has 1 aromatic rings. The van der Waals surface area contributed by atoms with E-state index in [4.69, 9.17) is 4.74 Å². The van der Waals surface area contributed by atoms with Gasteiger partial charge in [-0.05, 0) is 24.8 Å². The molecule has 6 nitrogen and oxygen atoms in total. The Labute approximate surface area is 173 Å². The summed E-state index contributed by atoms with van der Waals surface area (Å²) in [5.41, 5.74) is 1.33. The molecule has 1 fully saturated rings. The van der Waals surface area contributed by atoms with Crippen LogP contribution in [0.15, 0.2) is 35.3 Å². The van der Waals surface area contributed by atoms with Crippen LogP contribution < -0.4 is 10.6 Å². The zero-order chi connectivity index (χ0) is 17.9. The molecule has 1 aliphatic heterocycles. The van der Waals surface area contributed by atoms with Gasteiger partial charge in [0.25, 0.3) is 0 Å². The van der Waals surface area contributed by atoms with E-state index in [1.54, 1.807) is 19.0 Å². The van der Waals surface area contributed by atoms with Crippen LogP contribution in [0.1, 0.15) is 18.4 Å². The molecule has 0 bridgehead atoms. The number of aryl methyl sites for hydroxylation is 1. The predicted molar refractivity (Wildman–Crippen MR) is 116 cm³/mol. The minimum Gasteiger partial charge on any atom is -0.381 e. The van der Waals surface area contributed by atoms with Crippen molar-refractivity contribution < 1.29 is 9.53 Å². The van der Waals surface area contributed by atoms with Crippen LogP contribution in [-0.2, 0) is 16.0 Å². The van der Waals surface area contributed by atoms with Gasteiger partial charge < -0.3 is 20.3 Å². The number of hydrogen-bond acceptors (Lipinski definition) is 3. The molecule has 1 aromatic carbocycles. The van der Waals surface area contributed by atoms with E-state index in [0.29, 0.717) is 11.9 Å². The summed E-state index contributed by atoms with van der Waals surface area (Å²) in [6.07, 6.45) is 3.11. The SMILES string of the molecule is CN(C)C(=O)CN=C(NCCCc1ccccc1)NCC1CCOC1.I. The number of benzene rings is 1. The number of nitrogens with one attached hydrogen (secondary N) is 2. The third-order valence-electron chi connectivity index (χ3n) is 4.23. The molecule has 26 heavy (non-hydrogen) atoms. The van der Waals surface area contributed by atoms with Crippen molar-refractivity contribution in [2.75, 3.05) is 46.9 Å². The van der Waals surface area contributed by atoms with Crippen LogP contribution in [0.3, 0.4) is 0 Å². The number of carbonyl (C=O) groups is 1. The number of ether oxygens (including phenoxy) is 1. The van der Waals surface area contributed by atoms with Gasteiger partial charge in [-0.25, -0.2) is 4.99 Å². The summed E-state index contributed by atoms with van der Waals surface area (Å²) in [6, 6.07) is 10.4. The van der Waals surface area contributed by atoms with Gasteiger partial charge in [-0.2, -0.15) is 0 Å². The minimum absolute atomic E-state index is 0. The van der Waals surface area contributed by atoms with Gasteiger partial charge in [-0.1, -0.05) is 30.3 Å². The Kier molecular flexibility index (Phi) is 11.3. The first-order chi connectivity index (χ1) is 12.1. The Hall–Kier alpha value is -1.35. The Bertz CT molecular complexity index is 546. The third kappa shape index (κ3) is 8.84. The van der Waals surface area contributed by atoms with E-state index in [9.17, 15) is 4.79 Å². The second-order valence-electron chi connectivity index (χ2n) is 6.58. The lowest BCUT2D eigenvalue weighted by molar-refractivity contribution is -0.127. The fourth-order valence-electron chi connectivity index (χ4n) is 2.59. The number of likely N-dealkylation sites (N-methyl/N-ethyl adjacent to an activating group) is 1. The number of aliphatic imine (C=N–C) groups is 1. The lowest BCUT2D eigenvalue weighted by Crippen LogP contribution is -2.41. The van der Waals surface area contributed by atoms with Crippen molar-refractivity contribution in [1.29, 1.82) is 0 Å². The van der Waals surface area contributed by atoms with Gasteiger partial charge in [-0.15, -0.1) is 24.0 Å². The molecule has 1 amide bonds. The second kappa shape index (κ2) is 12.9. The highest BCUT2D eigenvalue weighted by atomic mass is 127. The number of carbonyl (C=O) groups excluding carboxylic acids is 1. The van der Waals surface area contributed by atoms with Crippen LogP contribution in [0, 0.1) is 5.92 Å². The van der Waals surface area contributed by atoms with Crippen molar-refractivity contribution in [3.8, 4) is 0 Å². The van der Waals surface area contributed by atoms with Crippen molar-refractivity contribution in [1.82, 2.24) is 15.5 Å². The number of rotatable bonds is 8. The predicted octanol–water partition coefficient (Wildman–Crippen LogP) is 1.90. The molecular weight excluding hydrogens is 443 g/mol. The molecule has 2 N–H and O–H groups in total. The molecule has 146 valence electrons. The molecule has 1 heterocycles. The largest absolute Gasteiger partial charge is 0.381 e. The molecule has 1 unspecified atom stereocenters. The highest BCUT2D eigenvalue weighted by Gasteiger charge is 2.15. The summed E-state index contributed by atoms with van der Waals surface area (Å²) >= 11 is 0. The third-order valence-corrected chi connectivity index (χ3v) is 4.23. The Morgan fingerprint density at radius 2 is 2.04 bits per heavy atom. The van der Waals surface area contributed by atoms with Crippen LogP contribution in [-0.4, -0.2) is 63.7 Å². The smallest absolute Gasteiger partial charge is 0.243 e. The van der Waals surface area contributed by atoms with E-state index in [2.05, 4.69) is 39.9 Å². The molecule has 1 aliphatic rings. The fraction of sp³-hybridized carbons (Fsp3) is 0.579. The molecule has 7 heteroatoms. The number of guanidine groups is 1. The fourth-order valence-corrected chi connectivity index (χ4v) is 2.59. The minimum atomic E-state index is -0.00501. The summed E-state index contributed by atoms with van der Waals surface area (Å²) in [6.45, 7) is 3.42. The standard InChI is InChI=1S/C19H30N4O2.HI/c1-23(2)18(24)14-22-19(21-13-17-10-12-25-15-17)20-11-6-9-16-7-4-3-5-8-16;/h3-5,7-8,17H,6,9-15H2,1-2H3,(H2,20,21,22);1H. The quantitative estimate of drug-likeness (QED) is 0.262. The van der Waals surface area contributed by atoms with E-state index in [0.717, 1.165) is 45.6 Å². The summed E-state index contributed by atoms with van der Waals surface area (Å²) in [5.74, 6) is 1.21. The monoisotopic (exact) mass is 474 g/mol. The molecule has 0 radical (unpaired) electrons. The van der Waals surface area contributed by atoms with Gasteiger partial charge in [0.05, 0.1) is 6.61 Å². The van der Waals surface area contributed by atoms with Gasteiger partial charge in [0, 0.05) is 39.7 Å². The summed E-state index contributed by atoms with van der Waals surface area (Å²) < 4.78 is 5.41. The van der Waals surface area contributed by atoms with E-state index in [1.807, 2.05) is 6.07 Å². The van der Waals surface area contributed by atoms with Gasteiger partial charge in [-0.3, -0.25) is 4.79 Å². The van der Waals surface area contributed by atoms with Crippen LogP contribution >= 0.6 is 24.0 Å². The van der Waals surface area contributed by atoms with Crippen LogP contribution in [0.5, 0.6) is 0 Å². The number of halogens is 1. The lowest BCUT2D eigenvalue weighted by atomic mass is 10.1. The number of nitrogens with zero attached hydrogens (tertiary/aromatic N) is 2. The summed E-state index contributed by atoms with van der Waals surface area (Å²) in [4.78, 5) is 17.7. The molecular formula is C19H31IN4O2. The second-order valence-corrected chi connectivity index (χ2v) is 6.58. The highest BCUT2D eigenvalue weighted by Crippen LogP contribution is 2.10. The molecule has 0 spiro atoms. The maximum atomic E-state index is 11.8. The number of hydrogen-bond donors (Lipinski definition) is 2. The van der Waals surface area contributed by atoms with Gasteiger partial charge in [0.2, 0.25) is 5.91 Å². The average molecular weight is 474 g/mol. The Balaban J connectivity index is 0.00000338. The van der Waals surface area contributed by atoms with Gasteiger partial charge in [0.1, 0.15) is 6.54 Å².